The minimum absolute atomic E-state index is 0.148. The highest BCUT2D eigenvalue weighted by atomic mass is 16.5. The zero-order valence-electron chi connectivity index (χ0n) is 7.19. The molecule has 1 saturated heterocycles. The summed E-state index contributed by atoms with van der Waals surface area (Å²) in [6.45, 7) is 2.37. The van der Waals surface area contributed by atoms with Crippen LogP contribution in [0.1, 0.15) is 0 Å². The fourth-order valence-electron chi connectivity index (χ4n) is 2.04. The molecule has 2 fully saturated rings. The molecular weight excluding hydrogens is 156 g/mol. The Labute approximate surface area is 71.7 Å². The molecule has 0 aromatic heterocycles. The van der Waals surface area contributed by atoms with E-state index in [2.05, 4.69) is 9.64 Å². The van der Waals surface area contributed by atoms with Gasteiger partial charge in [-0.05, 0) is 11.8 Å². The topological polar surface area (TPSA) is 55.6 Å². The van der Waals surface area contributed by atoms with Crippen molar-refractivity contribution in [3.8, 4) is 0 Å². The third-order valence-corrected chi connectivity index (χ3v) is 2.92. The molecule has 1 saturated carbocycles. The molecule has 0 aromatic carbocycles. The maximum absolute atomic E-state index is 10.9. The zero-order valence-corrected chi connectivity index (χ0v) is 7.19. The maximum atomic E-state index is 10.9. The number of fused-ring (bicyclic) bond motifs is 1. The van der Waals surface area contributed by atoms with E-state index in [-0.39, 0.29) is 5.97 Å². The van der Waals surface area contributed by atoms with E-state index < -0.39 is 0 Å². The van der Waals surface area contributed by atoms with Crippen LogP contribution in [-0.2, 0) is 9.53 Å². The Morgan fingerprint density at radius 2 is 2.17 bits per heavy atom. The predicted molar refractivity (Wildman–Crippen MR) is 43.4 cm³/mol. The van der Waals surface area contributed by atoms with E-state index in [1.807, 2.05) is 0 Å². The Balaban J connectivity index is 1.76. The number of nitrogens with two attached hydrogens (primary N) is 1. The first-order valence-electron chi connectivity index (χ1n) is 4.27. The van der Waals surface area contributed by atoms with Crippen molar-refractivity contribution < 1.29 is 9.53 Å². The minimum Gasteiger partial charge on any atom is -0.468 e. The molecule has 68 valence electrons. The molecule has 2 N–H and O–H groups in total. The number of likely N-dealkylation sites (tertiary alicyclic amines) is 1. The second kappa shape index (κ2) is 2.71. The van der Waals surface area contributed by atoms with E-state index >= 15 is 0 Å². The summed E-state index contributed by atoms with van der Waals surface area (Å²) in [7, 11) is 1.42. The highest BCUT2D eigenvalue weighted by molar-refractivity contribution is 5.71. The molecule has 0 bridgehead atoms. The van der Waals surface area contributed by atoms with Gasteiger partial charge in [0, 0.05) is 19.1 Å². The molecule has 0 radical (unpaired) electrons. The van der Waals surface area contributed by atoms with Crippen LogP contribution in [0.5, 0.6) is 0 Å². The molecule has 2 aliphatic rings. The Morgan fingerprint density at radius 3 is 2.67 bits per heavy atom. The first-order valence-corrected chi connectivity index (χ1v) is 4.27. The lowest BCUT2D eigenvalue weighted by Crippen LogP contribution is -2.33. The van der Waals surface area contributed by atoms with Crippen LogP contribution >= 0.6 is 0 Å². The number of carbonyl (C=O) groups is 1. The van der Waals surface area contributed by atoms with Gasteiger partial charge in [0.1, 0.15) is 0 Å². The Kier molecular flexibility index (Phi) is 1.81. The summed E-state index contributed by atoms with van der Waals surface area (Å²) in [5, 5.41) is 0. The standard InChI is InChI=1S/C8H14N2O2/c1-12-7(11)4-10-2-5-6(3-10)8(5)9/h5-6,8H,2-4,9H2,1H3. The van der Waals surface area contributed by atoms with Gasteiger partial charge in [-0.1, -0.05) is 0 Å². The van der Waals surface area contributed by atoms with Crippen molar-refractivity contribution in [1.29, 1.82) is 0 Å². The summed E-state index contributed by atoms with van der Waals surface area (Å²) < 4.78 is 4.58. The summed E-state index contributed by atoms with van der Waals surface area (Å²) in [4.78, 5) is 13.0. The van der Waals surface area contributed by atoms with E-state index in [4.69, 9.17) is 5.73 Å². The molecule has 2 unspecified atom stereocenters. The molecule has 4 heteroatoms. The van der Waals surface area contributed by atoms with Gasteiger partial charge in [0.05, 0.1) is 13.7 Å². The molecule has 1 aliphatic heterocycles. The van der Waals surface area contributed by atoms with E-state index in [0.29, 0.717) is 24.4 Å². The summed E-state index contributed by atoms with van der Waals surface area (Å²) in [6.07, 6.45) is 0. The largest absolute Gasteiger partial charge is 0.468 e. The van der Waals surface area contributed by atoms with Crippen molar-refractivity contribution in [3.05, 3.63) is 0 Å². The summed E-state index contributed by atoms with van der Waals surface area (Å²) in [5.41, 5.74) is 5.75. The number of hydrogen-bond donors (Lipinski definition) is 1. The molecule has 1 aliphatic carbocycles. The highest BCUT2D eigenvalue weighted by Crippen LogP contribution is 2.43. The second-order valence-corrected chi connectivity index (χ2v) is 3.68. The molecule has 0 spiro atoms. The monoisotopic (exact) mass is 170 g/mol. The van der Waals surface area contributed by atoms with Crippen LogP contribution in [0.4, 0.5) is 0 Å². The average molecular weight is 170 g/mol. The minimum atomic E-state index is -0.148. The number of rotatable bonds is 2. The van der Waals surface area contributed by atoms with Gasteiger partial charge < -0.3 is 10.5 Å². The molecule has 0 amide bonds. The molecule has 2 atom stereocenters. The average Bonchev–Trinajstić information content (AvgIpc) is 2.53. The molecule has 1 heterocycles. The number of nitrogens with zero attached hydrogens (tertiary/aromatic N) is 1. The van der Waals surface area contributed by atoms with Gasteiger partial charge in [0.2, 0.25) is 0 Å². The van der Waals surface area contributed by atoms with Crippen molar-refractivity contribution in [2.45, 2.75) is 6.04 Å². The highest BCUT2D eigenvalue weighted by Gasteiger charge is 2.53. The lowest BCUT2D eigenvalue weighted by molar-refractivity contribution is -0.141. The second-order valence-electron chi connectivity index (χ2n) is 3.68. The quantitative estimate of drug-likeness (QED) is 0.543. The molecular formula is C8H14N2O2. The number of ether oxygens (including phenoxy) is 1. The summed E-state index contributed by atoms with van der Waals surface area (Å²) >= 11 is 0. The van der Waals surface area contributed by atoms with E-state index in [1.54, 1.807) is 0 Å². The fourth-order valence-corrected chi connectivity index (χ4v) is 2.04. The van der Waals surface area contributed by atoms with Crippen LogP contribution in [0.15, 0.2) is 0 Å². The third-order valence-electron chi connectivity index (χ3n) is 2.92. The SMILES string of the molecule is COC(=O)CN1CC2C(N)C2C1. The van der Waals surface area contributed by atoms with E-state index in [1.165, 1.54) is 7.11 Å². The van der Waals surface area contributed by atoms with Gasteiger partial charge in [0.15, 0.2) is 0 Å². The summed E-state index contributed by atoms with van der Waals surface area (Å²) in [6, 6.07) is 0.402. The summed E-state index contributed by atoms with van der Waals surface area (Å²) in [5.74, 6) is 1.15. The number of piperidine rings is 1. The van der Waals surface area contributed by atoms with E-state index in [0.717, 1.165) is 13.1 Å². The van der Waals surface area contributed by atoms with Crippen LogP contribution in [-0.4, -0.2) is 43.7 Å². The van der Waals surface area contributed by atoms with Gasteiger partial charge in [-0.2, -0.15) is 0 Å². The molecule has 0 aromatic rings. The van der Waals surface area contributed by atoms with Gasteiger partial charge in [-0.3, -0.25) is 9.69 Å². The van der Waals surface area contributed by atoms with Crippen molar-refractivity contribution in [1.82, 2.24) is 4.90 Å². The molecule has 4 nitrogen and oxygen atoms in total. The number of carbonyl (C=O) groups excluding carboxylic acids is 1. The number of hydrogen-bond acceptors (Lipinski definition) is 4. The van der Waals surface area contributed by atoms with Crippen LogP contribution in [0.25, 0.3) is 0 Å². The Morgan fingerprint density at radius 1 is 1.58 bits per heavy atom. The fraction of sp³-hybridized carbons (Fsp3) is 0.875. The van der Waals surface area contributed by atoms with Gasteiger partial charge >= 0.3 is 5.97 Å². The first-order chi connectivity index (χ1) is 5.72. The van der Waals surface area contributed by atoms with Gasteiger partial charge in [0.25, 0.3) is 0 Å². The normalized spacial score (nSPS) is 39.3. The first kappa shape index (κ1) is 8.01. The van der Waals surface area contributed by atoms with Gasteiger partial charge in [-0.25, -0.2) is 0 Å². The van der Waals surface area contributed by atoms with Crippen LogP contribution < -0.4 is 5.73 Å². The Bertz CT molecular complexity index is 195. The number of esters is 1. The Hall–Kier alpha value is -0.610. The van der Waals surface area contributed by atoms with Crippen molar-refractivity contribution in [3.63, 3.8) is 0 Å². The van der Waals surface area contributed by atoms with Crippen molar-refractivity contribution in [2.24, 2.45) is 17.6 Å². The van der Waals surface area contributed by atoms with Crippen LogP contribution in [0, 0.1) is 11.8 Å². The van der Waals surface area contributed by atoms with Crippen molar-refractivity contribution in [2.75, 3.05) is 26.7 Å². The lowest BCUT2D eigenvalue weighted by Gasteiger charge is -2.16. The van der Waals surface area contributed by atoms with Crippen molar-refractivity contribution >= 4 is 5.97 Å². The number of methoxy groups -OCH3 is 1. The van der Waals surface area contributed by atoms with E-state index in [9.17, 15) is 4.79 Å². The lowest BCUT2D eigenvalue weighted by atomic mass is 10.4. The van der Waals surface area contributed by atoms with Crippen LogP contribution in [0.2, 0.25) is 0 Å². The zero-order chi connectivity index (χ0) is 8.72. The maximum Gasteiger partial charge on any atom is 0.319 e. The van der Waals surface area contributed by atoms with Crippen LogP contribution in [0.3, 0.4) is 0 Å². The van der Waals surface area contributed by atoms with Gasteiger partial charge in [-0.15, -0.1) is 0 Å². The molecule has 12 heavy (non-hydrogen) atoms. The molecule has 2 rings (SSSR count). The predicted octanol–water partition coefficient (Wildman–Crippen LogP) is -0.952. The third kappa shape index (κ3) is 1.21. The smallest absolute Gasteiger partial charge is 0.319 e.